The number of aromatic nitrogens is 1. The number of ether oxygens (including phenoxy) is 3. The van der Waals surface area contributed by atoms with Crippen molar-refractivity contribution < 1.29 is 14.2 Å². The van der Waals surface area contributed by atoms with Crippen LogP contribution in [0.1, 0.15) is 25.7 Å². The summed E-state index contributed by atoms with van der Waals surface area (Å²) in [6, 6.07) is 15.4. The van der Waals surface area contributed by atoms with Crippen molar-refractivity contribution in [3.63, 3.8) is 0 Å². The van der Waals surface area contributed by atoms with E-state index in [0.717, 1.165) is 34.6 Å². The molecule has 1 heterocycles. The van der Waals surface area contributed by atoms with E-state index in [1.807, 2.05) is 48.5 Å². The van der Waals surface area contributed by atoms with Crippen molar-refractivity contribution in [2.45, 2.75) is 31.8 Å². The molecular weight excluding hydrogens is 414 g/mol. The molecule has 1 saturated carbocycles. The standard InChI is InChI=1S/C20H18BrNO3S/c21-14-5-7-17(8-6-14)24-19-13-22-20(26-19)25-18-11-9-16(10-12-18)23-15-3-1-2-4-15/h5-13,15H,1-4H2. The minimum absolute atomic E-state index is 0.360. The summed E-state index contributed by atoms with van der Waals surface area (Å²) in [6.07, 6.45) is 6.86. The van der Waals surface area contributed by atoms with Crippen molar-refractivity contribution in [2.75, 3.05) is 0 Å². The first kappa shape index (κ1) is 17.4. The van der Waals surface area contributed by atoms with Crippen LogP contribution in [0.15, 0.2) is 59.2 Å². The van der Waals surface area contributed by atoms with Crippen LogP contribution in [0.25, 0.3) is 0 Å². The Bertz CT molecular complexity index is 842. The van der Waals surface area contributed by atoms with Gasteiger partial charge in [-0.3, -0.25) is 0 Å². The summed E-state index contributed by atoms with van der Waals surface area (Å²) in [4.78, 5) is 4.26. The number of rotatable bonds is 6. The van der Waals surface area contributed by atoms with Crippen molar-refractivity contribution in [1.29, 1.82) is 0 Å². The zero-order chi connectivity index (χ0) is 17.8. The topological polar surface area (TPSA) is 40.6 Å². The van der Waals surface area contributed by atoms with Crippen molar-refractivity contribution in [3.8, 4) is 27.5 Å². The van der Waals surface area contributed by atoms with Gasteiger partial charge in [0, 0.05) is 4.47 Å². The molecule has 6 heteroatoms. The lowest BCUT2D eigenvalue weighted by molar-refractivity contribution is 0.210. The van der Waals surface area contributed by atoms with Gasteiger partial charge in [-0.25, -0.2) is 4.98 Å². The van der Waals surface area contributed by atoms with Gasteiger partial charge in [-0.15, -0.1) is 0 Å². The van der Waals surface area contributed by atoms with Crippen LogP contribution < -0.4 is 14.2 Å². The minimum Gasteiger partial charge on any atom is -0.490 e. The Kier molecular flexibility index (Phi) is 5.41. The quantitative estimate of drug-likeness (QED) is 0.429. The molecule has 0 atom stereocenters. The molecule has 26 heavy (non-hydrogen) atoms. The zero-order valence-corrected chi connectivity index (χ0v) is 16.5. The highest BCUT2D eigenvalue weighted by molar-refractivity contribution is 9.10. The van der Waals surface area contributed by atoms with E-state index in [2.05, 4.69) is 20.9 Å². The van der Waals surface area contributed by atoms with Crippen LogP contribution >= 0.6 is 27.3 Å². The first-order valence-corrected chi connectivity index (χ1v) is 10.2. The van der Waals surface area contributed by atoms with E-state index < -0.39 is 0 Å². The van der Waals surface area contributed by atoms with E-state index in [4.69, 9.17) is 14.2 Å². The van der Waals surface area contributed by atoms with Crippen molar-refractivity contribution in [3.05, 3.63) is 59.2 Å². The Morgan fingerprint density at radius 3 is 2.19 bits per heavy atom. The van der Waals surface area contributed by atoms with E-state index in [1.165, 1.54) is 24.2 Å². The average molecular weight is 432 g/mol. The fourth-order valence-corrected chi connectivity index (χ4v) is 3.77. The molecule has 0 N–H and O–H groups in total. The lowest BCUT2D eigenvalue weighted by Crippen LogP contribution is -2.10. The molecule has 0 unspecified atom stereocenters. The van der Waals surface area contributed by atoms with Crippen LogP contribution in [-0.2, 0) is 0 Å². The van der Waals surface area contributed by atoms with Gasteiger partial charge in [-0.1, -0.05) is 15.9 Å². The monoisotopic (exact) mass is 431 g/mol. The minimum atomic E-state index is 0.360. The second kappa shape index (κ2) is 8.10. The normalized spacial score (nSPS) is 14.3. The Morgan fingerprint density at radius 1 is 0.846 bits per heavy atom. The summed E-state index contributed by atoms with van der Waals surface area (Å²) < 4.78 is 18.6. The number of benzene rings is 2. The lowest BCUT2D eigenvalue weighted by atomic mass is 10.3. The summed E-state index contributed by atoms with van der Waals surface area (Å²) in [5.74, 6) is 2.38. The third kappa shape index (κ3) is 4.56. The Labute approximate surface area is 164 Å². The molecule has 134 valence electrons. The molecular formula is C20H18BrNO3S. The van der Waals surface area contributed by atoms with Gasteiger partial charge in [-0.05, 0) is 85.6 Å². The van der Waals surface area contributed by atoms with E-state index in [1.54, 1.807) is 6.20 Å². The highest BCUT2D eigenvalue weighted by atomic mass is 79.9. The van der Waals surface area contributed by atoms with Crippen LogP contribution in [0.4, 0.5) is 0 Å². The summed E-state index contributed by atoms with van der Waals surface area (Å²) in [6.45, 7) is 0. The maximum atomic E-state index is 5.97. The average Bonchev–Trinajstić information content (AvgIpc) is 3.31. The van der Waals surface area contributed by atoms with Gasteiger partial charge in [0.1, 0.15) is 17.2 Å². The summed E-state index contributed by atoms with van der Waals surface area (Å²) in [5.41, 5.74) is 0. The Balaban J connectivity index is 1.35. The van der Waals surface area contributed by atoms with Crippen LogP contribution in [0, 0.1) is 0 Å². The zero-order valence-electron chi connectivity index (χ0n) is 14.1. The predicted octanol–water partition coefficient (Wildman–Crippen LogP) is 6.81. The highest BCUT2D eigenvalue weighted by Gasteiger charge is 2.16. The van der Waals surface area contributed by atoms with Crippen molar-refractivity contribution in [1.82, 2.24) is 4.98 Å². The molecule has 1 aromatic heterocycles. The summed E-state index contributed by atoms with van der Waals surface area (Å²) >= 11 is 4.77. The largest absolute Gasteiger partial charge is 0.490 e. The molecule has 1 fully saturated rings. The molecule has 4 nitrogen and oxygen atoms in total. The van der Waals surface area contributed by atoms with E-state index in [-0.39, 0.29) is 0 Å². The predicted molar refractivity (Wildman–Crippen MR) is 106 cm³/mol. The fourth-order valence-electron chi connectivity index (χ4n) is 2.84. The third-order valence-electron chi connectivity index (χ3n) is 4.13. The van der Waals surface area contributed by atoms with E-state index >= 15 is 0 Å². The second-order valence-corrected chi connectivity index (χ2v) is 7.97. The van der Waals surface area contributed by atoms with Gasteiger partial charge in [0.15, 0.2) is 0 Å². The number of hydrogen-bond donors (Lipinski definition) is 0. The number of halogens is 1. The summed E-state index contributed by atoms with van der Waals surface area (Å²) in [7, 11) is 0. The molecule has 0 radical (unpaired) electrons. The van der Waals surface area contributed by atoms with Crippen molar-refractivity contribution in [2.24, 2.45) is 0 Å². The van der Waals surface area contributed by atoms with Gasteiger partial charge in [-0.2, -0.15) is 0 Å². The molecule has 4 rings (SSSR count). The third-order valence-corrected chi connectivity index (χ3v) is 5.41. The van der Waals surface area contributed by atoms with Crippen LogP contribution in [-0.4, -0.2) is 11.1 Å². The molecule has 0 amide bonds. The van der Waals surface area contributed by atoms with Gasteiger partial charge in [0.2, 0.25) is 5.06 Å². The van der Waals surface area contributed by atoms with Gasteiger partial charge in [0.05, 0.1) is 12.3 Å². The molecule has 1 aliphatic rings. The maximum absolute atomic E-state index is 5.97. The smallest absolute Gasteiger partial charge is 0.282 e. The van der Waals surface area contributed by atoms with Crippen LogP contribution in [0.3, 0.4) is 0 Å². The molecule has 3 aromatic rings. The highest BCUT2D eigenvalue weighted by Crippen LogP contribution is 2.35. The molecule has 0 saturated heterocycles. The Morgan fingerprint density at radius 2 is 1.46 bits per heavy atom. The van der Waals surface area contributed by atoms with E-state index in [9.17, 15) is 0 Å². The van der Waals surface area contributed by atoms with E-state index in [0.29, 0.717) is 16.4 Å². The number of nitrogens with zero attached hydrogens (tertiary/aromatic N) is 1. The van der Waals surface area contributed by atoms with Crippen LogP contribution in [0.5, 0.6) is 27.5 Å². The molecule has 0 bridgehead atoms. The number of hydrogen-bond acceptors (Lipinski definition) is 5. The molecule has 0 aliphatic heterocycles. The van der Waals surface area contributed by atoms with Gasteiger partial charge in [0.25, 0.3) is 5.19 Å². The Hall–Kier alpha value is -2.05. The number of thiazole rings is 1. The fraction of sp³-hybridized carbons (Fsp3) is 0.250. The molecule has 0 spiro atoms. The van der Waals surface area contributed by atoms with Gasteiger partial charge >= 0.3 is 0 Å². The van der Waals surface area contributed by atoms with Crippen LogP contribution in [0.2, 0.25) is 0 Å². The first-order valence-electron chi connectivity index (χ1n) is 8.58. The summed E-state index contributed by atoms with van der Waals surface area (Å²) in [5, 5.41) is 1.23. The lowest BCUT2D eigenvalue weighted by Gasteiger charge is -2.13. The van der Waals surface area contributed by atoms with Crippen molar-refractivity contribution >= 4 is 27.3 Å². The SMILES string of the molecule is Brc1ccc(Oc2cnc(Oc3ccc(OC4CCCC4)cc3)s2)cc1. The van der Waals surface area contributed by atoms with Gasteiger partial charge < -0.3 is 14.2 Å². The second-order valence-electron chi connectivity index (χ2n) is 6.10. The molecule has 2 aromatic carbocycles. The maximum Gasteiger partial charge on any atom is 0.282 e. The first-order chi connectivity index (χ1) is 12.7. The molecule has 1 aliphatic carbocycles.